The van der Waals surface area contributed by atoms with Crippen molar-refractivity contribution >= 4 is 11.7 Å². The van der Waals surface area contributed by atoms with Gasteiger partial charge in [0.2, 0.25) is 0 Å². The van der Waals surface area contributed by atoms with Gasteiger partial charge in [0.1, 0.15) is 5.84 Å². The number of carbonyl (C=O) groups excluding carboxylic acids is 1. The maximum Gasteiger partial charge on any atom is 0.259 e. The number of hydrogen-bond acceptors (Lipinski definition) is 2. The van der Waals surface area contributed by atoms with Gasteiger partial charge >= 0.3 is 0 Å². The van der Waals surface area contributed by atoms with Gasteiger partial charge in [0.05, 0.1) is 5.56 Å². The number of amidine groups is 1. The van der Waals surface area contributed by atoms with Crippen molar-refractivity contribution in [2.75, 3.05) is 14.1 Å². The lowest BCUT2D eigenvalue weighted by atomic mass is 10.1. The Morgan fingerprint density at radius 2 is 1.85 bits per heavy atom. The van der Waals surface area contributed by atoms with Crippen LogP contribution in [0.5, 0.6) is 0 Å². The molecule has 1 heterocycles. The van der Waals surface area contributed by atoms with E-state index in [-0.39, 0.29) is 5.91 Å². The van der Waals surface area contributed by atoms with Crippen molar-refractivity contribution in [1.82, 2.24) is 4.90 Å². The van der Waals surface area contributed by atoms with Crippen LogP contribution in [0.25, 0.3) is 0 Å². The minimum atomic E-state index is 0.0243. The van der Waals surface area contributed by atoms with Gasteiger partial charge in [-0.2, -0.15) is 0 Å². The molecule has 1 aliphatic heterocycles. The average molecular weight is 174 g/mol. The molecule has 0 N–H and O–H groups in total. The summed E-state index contributed by atoms with van der Waals surface area (Å²) in [5, 5.41) is 0. The summed E-state index contributed by atoms with van der Waals surface area (Å²) < 4.78 is 0. The molecule has 1 aromatic rings. The lowest BCUT2D eigenvalue weighted by Crippen LogP contribution is -2.25. The van der Waals surface area contributed by atoms with Crippen LogP contribution in [-0.4, -0.2) is 30.7 Å². The molecular formula is C10H10N2O. The van der Waals surface area contributed by atoms with Gasteiger partial charge in [0.25, 0.3) is 5.91 Å². The van der Waals surface area contributed by atoms with Crippen molar-refractivity contribution in [1.29, 1.82) is 0 Å². The van der Waals surface area contributed by atoms with Gasteiger partial charge in [-0.15, -0.1) is 0 Å². The van der Waals surface area contributed by atoms with Crippen LogP contribution in [0, 0.1) is 0 Å². The number of amides is 1. The first-order valence-corrected chi connectivity index (χ1v) is 4.10. The predicted molar refractivity (Wildman–Crippen MR) is 51.0 cm³/mol. The van der Waals surface area contributed by atoms with Gasteiger partial charge in [-0.25, -0.2) is 0 Å². The average Bonchev–Trinajstić information content (AvgIpc) is 2.41. The molecule has 66 valence electrons. The van der Waals surface area contributed by atoms with Gasteiger partial charge in [-0.3, -0.25) is 14.7 Å². The zero-order chi connectivity index (χ0) is 9.42. The highest BCUT2D eigenvalue weighted by Gasteiger charge is 2.29. The van der Waals surface area contributed by atoms with Crippen LogP contribution in [0.3, 0.4) is 0 Å². The highest BCUT2D eigenvalue weighted by molar-refractivity contribution is 6.23. The Morgan fingerprint density at radius 1 is 1.23 bits per heavy atom. The van der Waals surface area contributed by atoms with E-state index in [0.717, 1.165) is 17.0 Å². The number of carbonyl (C=O) groups is 1. The van der Waals surface area contributed by atoms with Crippen molar-refractivity contribution < 1.29 is 4.79 Å². The zero-order valence-electron chi connectivity index (χ0n) is 7.61. The van der Waals surface area contributed by atoms with Crippen LogP contribution in [0.15, 0.2) is 29.3 Å². The molecule has 0 aliphatic carbocycles. The number of fused-ring (bicyclic) bond motifs is 1. The molecule has 0 unspecified atom stereocenters. The summed E-state index contributed by atoms with van der Waals surface area (Å²) in [6.45, 7) is 0. The summed E-state index contributed by atoms with van der Waals surface area (Å²) in [6, 6.07) is 7.52. The van der Waals surface area contributed by atoms with Crippen LogP contribution in [0.2, 0.25) is 0 Å². The molecule has 0 spiro atoms. The fourth-order valence-electron chi connectivity index (χ4n) is 1.59. The van der Waals surface area contributed by atoms with E-state index in [0.29, 0.717) is 0 Å². The van der Waals surface area contributed by atoms with Gasteiger partial charge in [-0.05, 0) is 6.07 Å². The topological polar surface area (TPSA) is 32.7 Å². The second-order valence-electron chi connectivity index (χ2n) is 2.96. The summed E-state index contributed by atoms with van der Waals surface area (Å²) >= 11 is 0. The second kappa shape index (κ2) is 2.69. The molecule has 1 amide bonds. The fourth-order valence-corrected chi connectivity index (χ4v) is 1.59. The van der Waals surface area contributed by atoms with Crippen LogP contribution < -0.4 is 0 Å². The Kier molecular flexibility index (Phi) is 1.65. The highest BCUT2D eigenvalue weighted by Crippen LogP contribution is 2.21. The van der Waals surface area contributed by atoms with E-state index in [1.807, 2.05) is 24.3 Å². The third-order valence-corrected chi connectivity index (χ3v) is 2.23. The highest BCUT2D eigenvalue weighted by atomic mass is 16.2. The van der Waals surface area contributed by atoms with E-state index < -0.39 is 0 Å². The molecule has 0 aromatic heterocycles. The summed E-state index contributed by atoms with van der Waals surface area (Å²) in [4.78, 5) is 17.3. The standard InChI is InChI=1S/C10H10N2O/c1-11-9-7-5-3-4-6-8(7)10(13)12(9)2/h3-6H,1-2H3. The predicted octanol–water partition coefficient (Wildman–Crippen LogP) is 1.15. The Hall–Kier alpha value is -1.64. The van der Waals surface area contributed by atoms with Crippen molar-refractivity contribution in [2.24, 2.45) is 4.99 Å². The minimum absolute atomic E-state index is 0.0243. The van der Waals surface area contributed by atoms with Crippen molar-refractivity contribution in [2.45, 2.75) is 0 Å². The molecule has 1 aliphatic rings. The first-order valence-electron chi connectivity index (χ1n) is 4.10. The second-order valence-corrected chi connectivity index (χ2v) is 2.96. The number of rotatable bonds is 0. The van der Waals surface area contributed by atoms with Crippen LogP contribution >= 0.6 is 0 Å². The lowest BCUT2D eigenvalue weighted by molar-refractivity contribution is 0.0882. The number of benzene rings is 1. The van der Waals surface area contributed by atoms with Gasteiger partial charge in [0, 0.05) is 19.7 Å². The van der Waals surface area contributed by atoms with Crippen LogP contribution in [-0.2, 0) is 0 Å². The lowest BCUT2D eigenvalue weighted by Gasteiger charge is -2.07. The van der Waals surface area contributed by atoms with Crippen LogP contribution in [0.1, 0.15) is 15.9 Å². The van der Waals surface area contributed by atoms with E-state index in [9.17, 15) is 4.79 Å². The molecular weight excluding hydrogens is 164 g/mol. The first-order chi connectivity index (χ1) is 6.25. The molecule has 0 atom stereocenters. The molecule has 0 saturated carbocycles. The minimum Gasteiger partial charge on any atom is -0.296 e. The molecule has 13 heavy (non-hydrogen) atoms. The summed E-state index contributed by atoms with van der Waals surface area (Å²) in [5.74, 6) is 0.775. The van der Waals surface area contributed by atoms with Gasteiger partial charge < -0.3 is 0 Å². The SMILES string of the molecule is CN=C1c2ccccc2C(=O)N1C. The van der Waals surface area contributed by atoms with Crippen molar-refractivity contribution in [3.05, 3.63) is 35.4 Å². The van der Waals surface area contributed by atoms with E-state index >= 15 is 0 Å². The molecule has 3 nitrogen and oxygen atoms in total. The molecule has 0 saturated heterocycles. The molecule has 0 bridgehead atoms. The van der Waals surface area contributed by atoms with Crippen molar-refractivity contribution in [3.63, 3.8) is 0 Å². The quantitative estimate of drug-likeness (QED) is 0.580. The fraction of sp³-hybridized carbons (Fsp3) is 0.200. The maximum atomic E-state index is 11.6. The Balaban J connectivity index is 2.67. The Bertz CT molecular complexity index is 396. The molecule has 2 rings (SSSR count). The van der Waals surface area contributed by atoms with Crippen molar-refractivity contribution in [3.8, 4) is 0 Å². The third-order valence-electron chi connectivity index (χ3n) is 2.23. The van der Waals surface area contributed by atoms with Crippen LogP contribution in [0.4, 0.5) is 0 Å². The normalized spacial score (nSPS) is 18.2. The molecule has 1 aromatic carbocycles. The van der Waals surface area contributed by atoms with E-state index in [4.69, 9.17) is 0 Å². The van der Waals surface area contributed by atoms with E-state index in [1.165, 1.54) is 0 Å². The smallest absolute Gasteiger partial charge is 0.259 e. The monoisotopic (exact) mass is 174 g/mol. The first kappa shape index (κ1) is 7.98. The molecule has 0 fully saturated rings. The summed E-state index contributed by atoms with van der Waals surface area (Å²) in [5.41, 5.74) is 1.67. The van der Waals surface area contributed by atoms with E-state index in [2.05, 4.69) is 4.99 Å². The largest absolute Gasteiger partial charge is 0.296 e. The molecule has 0 radical (unpaired) electrons. The van der Waals surface area contributed by atoms with Gasteiger partial charge in [-0.1, -0.05) is 18.2 Å². The van der Waals surface area contributed by atoms with Gasteiger partial charge in [0.15, 0.2) is 0 Å². The number of hydrogen-bond donors (Lipinski definition) is 0. The third kappa shape index (κ3) is 0.967. The summed E-state index contributed by atoms with van der Waals surface area (Å²) in [7, 11) is 3.44. The van der Waals surface area contributed by atoms with E-state index in [1.54, 1.807) is 19.0 Å². The summed E-state index contributed by atoms with van der Waals surface area (Å²) in [6.07, 6.45) is 0. The Labute approximate surface area is 76.7 Å². The number of nitrogens with zero attached hydrogens (tertiary/aromatic N) is 2. The zero-order valence-corrected chi connectivity index (χ0v) is 7.61. The number of aliphatic imine (C=N–C) groups is 1. The maximum absolute atomic E-state index is 11.6. The molecule has 3 heteroatoms. The Morgan fingerprint density at radius 3 is 2.46 bits per heavy atom.